The molecule has 0 radical (unpaired) electrons. The van der Waals surface area contributed by atoms with Crippen molar-refractivity contribution in [3.63, 3.8) is 0 Å². The van der Waals surface area contributed by atoms with Crippen molar-refractivity contribution >= 4 is 17.1 Å². The molecule has 0 bridgehead atoms. The molecule has 0 saturated heterocycles. The van der Waals surface area contributed by atoms with Gasteiger partial charge in [0.2, 0.25) is 0 Å². The van der Waals surface area contributed by atoms with Crippen molar-refractivity contribution in [1.29, 1.82) is 0 Å². The van der Waals surface area contributed by atoms with Gasteiger partial charge < -0.3 is 10.1 Å². The molecule has 1 saturated carbocycles. The highest BCUT2D eigenvalue weighted by molar-refractivity contribution is 6.04. The van der Waals surface area contributed by atoms with Crippen molar-refractivity contribution < 1.29 is 18.3 Å². The Kier molecular flexibility index (Phi) is 4.02. The molecule has 26 heavy (non-hydrogen) atoms. The fourth-order valence-electron chi connectivity index (χ4n) is 2.76. The maximum atomic E-state index is 12.8. The molecule has 0 aromatic carbocycles. The van der Waals surface area contributed by atoms with E-state index in [0.717, 1.165) is 24.1 Å². The van der Waals surface area contributed by atoms with Gasteiger partial charge in [-0.25, -0.2) is 18.3 Å². The largest absolute Gasteiger partial charge is 0.493 e. The Morgan fingerprint density at radius 1 is 1.35 bits per heavy atom. The first-order chi connectivity index (χ1) is 12.5. The van der Waals surface area contributed by atoms with Gasteiger partial charge in [0, 0.05) is 5.92 Å². The van der Waals surface area contributed by atoms with E-state index in [4.69, 9.17) is 4.74 Å². The van der Waals surface area contributed by atoms with E-state index >= 15 is 0 Å². The summed E-state index contributed by atoms with van der Waals surface area (Å²) < 4.78 is 32.6. The van der Waals surface area contributed by atoms with Gasteiger partial charge in [0.1, 0.15) is 11.4 Å². The van der Waals surface area contributed by atoms with Crippen molar-refractivity contribution in [3.05, 3.63) is 53.6 Å². The van der Waals surface area contributed by atoms with Crippen LogP contribution in [0.5, 0.6) is 5.75 Å². The van der Waals surface area contributed by atoms with E-state index in [1.165, 1.54) is 25.3 Å². The summed E-state index contributed by atoms with van der Waals surface area (Å²) in [5.74, 6) is 0.332. The zero-order valence-electron chi connectivity index (χ0n) is 13.9. The zero-order valence-corrected chi connectivity index (χ0v) is 13.9. The number of amides is 1. The highest BCUT2D eigenvalue weighted by Crippen LogP contribution is 2.40. The number of methoxy groups -OCH3 is 1. The Labute approximate surface area is 147 Å². The summed E-state index contributed by atoms with van der Waals surface area (Å²) in [5.41, 5.74) is 1.73. The van der Waals surface area contributed by atoms with Crippen LogP contribution in [-0.4, -0.2) is 27.6 Å². The number of nitrogens with zero attached hydrogens (tertiary/aromatic N) is 3. The molecule has 1 aliphatic rings. The molecule has 0 aliphatic heterocycles. The maximum absolute atomic E-state index is 12.8. The minimum absolute atomic E-state index is 0.0862. The SMILES string of the molecule is COc1cn2nc(C3CC3)cc2cc1NC(=O)c1cccc(C(F)F)n1. The Morgan fingerprint density at radius 2 is 2.15 bits per heavy atom. The molecule has 4 rings (SSSR count). The van der Waals surface area contributed by atoms with Crippen molar-refractivity contribution in [2.75, 3.05) is 12.4 Å². The van der Waals surface area contributed by atoms with Crippen LogP contribution in [0.4, 0.5) is 14.5 Å². The molecular formula is C18H16F2N4O2. The molecule has 0 spiro atoms. The number of carbonyl (C=O) groups is 1. The second kappa shape index (κ2) is 6.36. The number of aromatic nitrogens is 3. The van der Waals surface area contributed by atoms with Crippen LogP contribution in [0, 0.1) is 0 Å². The molecule has 1 fully saturated rings. The van der Waals surface area contributed by atoms with Crippen LogP contribution in [0.15, 0.2) is 36.5 Å². The lowest BCUT2D eigenvalue weighted by Crippen LogP contribution is -2.15. The average molecular weight is 358 g/mol. The molecular weight excluding hydrogens is 342 g/mol. The summed E-state index contributed by atoms with van der Waals surface area (Å²) in [6, 6.07) is 7.66. The van der Waals surface area contributed by atoms with Gasteiger partial charge >= 0.3 is 0 Å². The number of rotatable bonds is 5. The first-order valence-electron chi connectivity index (χ1n) is 8.19. The summed E-state index contributed by atoms with van der Waals surface area (Å²) in [5, 5.41) is 7.20. The van der Waals surface area contributed by atoms with Gasteiger partial charge in [-0.05, 0) is 37.1 Å². The molecule has 3 aromatic rings. The van der Waals surface area contributed by atoms with E-state index in [2.05, 4.69) is 15.4 Å². The second-order valence-electron chi connectivity index (χ2n) is 6.17. The minimum atomic E-state index is -2.73. The zero-order chi connectivity index (χ0) is 18.3. The van der Waals surface area contributed by atoms with Crippen LogP contribution in [0.1, 0.15) is 47.1 Å². The summed E-state index contributed by atoms with van der Waals surface area (Å²) in [7, 11) is 1.48. The molecule has 8 heteroatoms. The number of halogens is 2. The number of fused-ring (bicyclic) bond motifs is 1. The Morgan fingerprint density at radius 3 is 2.85 bits per heavy atom. The van der Waals surface area contributed by atoms with Gasteiger partial charge in [0.15, 0.2) is 5.75 Å². The number of ether oxygens (including phenoxy) is 1. The van der Waals surface area contributed by atoms with E-state index < -0.39 is 18.0 Å². The summed E-state index contributed by atoms with van der Waals surface area (Å²) in [6.45, 7) is 0. The lowest BCUT2D eigenvalue weighted by molar-refractivity contribution is 0.101. The first-order valence-corrected chi connectivity index (χ1v) is 8.19. The molecule has 1 aliphatic carbocycles. The maximum Gasteiger partial charge on any atom is 0.280 e. The van der Waals surface area contributed by atoms with Gasteiger partial charge in [-0.15, -0.1) is 0 Å². The van der Waals surface area contributed by atoms with Crippen LogP contribution in [0.3, 0.4) is 0 Å². The molecule has 0 unspecified atom stereocenters. The average Bonchev–Trinajstić information content (AvgIpc) is 3.41. The van der Waals surface area contributed by atoms with Crippen LogP contribution < -0.4 is 10.1 Å². The van der Waals surface area contributed by atoms with E-state index in [0.29, 0.717) is 17.4 Å². The standard InChI is InChI=1S/C18H16F2N4O2/c1-26-16-9-24-11(7-14(23-24)10-5-6-10)8-15(16)22-18(25)13-4-2-3-12(21-13)17(19)20/h2-4,7-10,17H,5-6H2,1H3,(H,22,25). The number of nitrogens with one attached hydrogen (secondary N) is 1. The van der Waals surface area contributed by atoms with Crippen molar-refractivity contribution in [1.82, 2.24) is 14.6 Å². The topological polar surface area (TPSA) is 68.5 Å². The Balaban J connectivity index is 1.64. The lowest BCUT2D eigenvalue weighted by atomic mass is 10.2. The van der Waals surface area contributed by atoms with Gasteiger partial charge in [0.25, 0.3) is 12.3 Å². The smallest absolute Gasteiger partial charge is 0.280 e. The van der Waals surface area contributed by atoms with Crippen LogP contribution in [0.25, 0.3) is 5.52 Å². The number of hydrogen-bond acceptors (Lipinski definition) is 4. The predicted molar refractivity (Wildman–Crippen MR) is 90.9 cm³/mol. The molecule has 3 heterocycles. The van der Waals surface area contributed by atoms with Crippen LogP contribution >= 0.6 is 0 Å². The number of pyridine rings is 2. The van der Waals surface area contributed by atoms with E-state index in [1.54, 1.807) is 16.8 Å². The van der Waals surface area contributed by atoms with Crippen molar-refractivity contribution in [2.24, 2.45) is 0 Å². The van der Waals surface area contributed by atoms with Crippen LogP contribution in [0.2, 0.25) is 0 Å². The van der Waals surface area contributed by atoms with Gasteiger partial charge in [-0.2, -0.15) is 5.10 Å². The molecule has 1 amide bonds. The highest BCUT2D eigenvalue weighted by Gasteiger charge is 2.26. The quantitative estimate of drug-likeness (QED) is 0.753. The van der Waals surface area contributed by atoms with Crippen LogP contribution in [-0.2, 0) is 0 Å². The first kappa shape index (κ1) is 16.4. The molecule has 3 aromatic heterocycles. The van der Waals surface area contributed by atoms with E-state index in [-0.39, 0.29) is 5.69 Å². The number of hydrogen-bond donors (Lipinski definition) is 1. The highest BCUT2D eigenvalue weighted by atomic mass is 19.3. The molecule has 0 atom stereocenters. The Bertz CT molecular complexity index is 982. The van der Waals surface area contributed by atoms with Crippen molar-refractivity contribution in [2.45, 2.75) is 25.2 Å². The van der Waals surface area contributed by atoms with E-state index in [9.17, 15) is 13.6 Å². The minimum Gasteiger partial charge on any atom is -0.493 e. The fourth-order valence-corrected chi connectivity index (χ4v) is 2.76. The van der Waals surface area contributed by atoms with Gasteiger partial charge in [-0.1, -0.05) is 6.07 Å². The Hall–Kier alpha value is -3.03. The van der Waals surface area contributed by atoms with Gasteiger partial charge in [0.05, 0.1) is 30.2 Å². The normalized spacial score (nSPS) is 14.0. The summed E-state index contributed by atoms with van der Waals surface area (Å²) >= 11 is 0. The van der Waals surface area contributed by atoms with Gasteiger partial charge in [-0.3, -0.25) is 4.79 Å². The summed E-state index contributed by atoms with van der Waals surface area (Å²) in [4.78, 5) is 16.1. The second-order valence-corrected chi connectivity index (χ2v) is 6.17. The molecule has 6 nitrogen and oxygen atoms in total. The summed E-state index contributed by atoms with van der Waals surface area (Å²) in [6.07, 6.45) is 1.22. The lowest BCUT2D eigenvalue weighted by Gasteiger charge is -2.11. The third kappa shape index (κ3) is 3.10. The van der Waals surface area contributed by atoms with Crippen molar-refractivity contribution in [3.8, 4) is 5.75 Å². The molecule has 134 valence electrons. The molecule has 1 N–H and O–H groups in total. The number of anilines is 1. The predicted octanol–water partition coefficient (Wildman–Crippen LogP) is 3.81. The van der Waals surface area contributed by atoms with E-state index in [1.807, 2.05) is 6.07 Å². The fraction of sp³-hybridized carbons (Fsp3) is 0.278. The third-order valence-corrected chi connectivity index (χ3v) is 4.27. The monoisotopic (exact) mass is 358 g/mol. The number of alkyl halides is 2. The number of carbonyl (C=O) groups excluding carboxylic acids is 1. The third-order valence-electron chi connectivity index (χ3n) is 4.27.